The number of nitrogens with zero attached hydrogens (tertiary/aromatic N) is 1. The molecule has 6 heteroatoms. The fourth-order valence-electron chi connectivity index (χ4n) is 3.26. The number of thioether (sulfide) groups is 1. The number of hydrogen-bond acceptors (Lipinski definition) is 5. The molecule has 2 aliphatic rings. The molecule has 138 valence electrons. The lowest BCUT2D eigenvalue weighted by Crippen LogP contribution is -2.34. The van der Waals surface area contributed by atoms with E-state index in [0.717, 1.165) is 35.9 Å². The summed E-state index contributed by atoms with van der Waals surface area (Å²) in [6, 6.07) is 7.53. The van der Waals surface area contributed by atoms with Crippen molar-refractivity contribution in [3.05, 3.63) is 46.4 Å². The minimum Gasteiger partial charge on any atom is -0.491 e. The van der Waals surface area contributed by atoms with Crippen molar-refractivity contribution in [1.82, 2.24) is 5.01 Å². The molecule has 1 heterocycles. The molecule has 1 aliphatic heterocycles. The van der Waals surface area contributed by atoms with Crippen LogP contribution >= 0.6 is 11.8 Å². The summed E-state index contributed by atoms with van der Waals surface area (Å²) in [4.78, 5) is 23.6. The molecule has 0 spiro atoms. The molecule has 26 heavy (non-hydrogen) atoms. The van der Waals surface area contributed by atoms with Gasteiger partial charge in [-0.1, -0.05) is 23.8 Å². The summed E-state index contributed by atoms with van der Waals surface area (Å²) in [6.45, 7) is 4.31. The molecule has 0 radical (unpaired) electrons. The summed E-state index contributed by atoms with van der Waals surface area (Å²) < 4.78 is 6.03. The van der Waals surface area contributed by atoms with E-state index in [-0.39, 0.29) is 6.10 Å². The van der Waals surface area contributed by atoms with Gasteiger partial charge < -0.3 is 4.74 Å². The highest BCUT2D eigenvalue weighted by molar-refractivity contribution is 8.18. The van der Waals surface area contributed by atoms with Crippen molar-refractivity contribution in [2.75, 3.05) is 0 Å². The Labute approximate surface area is 158 Å². The molecule has 1 aliphatic carbocycles. The van der Waals surface area contributed by atoms with Gasteiger partial charge in [-0.2, -0.15) is 0 Å². The fraction of sp³-hybridized carbons (Fsp3) is 0.400. The highest BCUT2D eigenvalue weighted by atomic mass is 32.2. The predicted octanol–water partition coefficient (Wildman–Crippen LogP) is 4.50. The highest BCUT2D eigenvalue weighted by Crippen LogP contribution is 2.31. The lowest BCUT2D eigenvalue weighted by molar-refractivity contribution is -0.122. The molecule has 2 N–H and O–H groups in total. The third-order valence-corrected chi connectivity index (χ3v) is 5.63. The molecule has 2 amide bonds. The number of hydrogen-bond donors (Lipinski definition) is 1. The van der Waals surface area contributed by atoms with Crippen LogP contribution in [0.4, 0.5) is 4.79 Å². The zero-order chi connectivity index (χ0) is 18.7. The summed E-state index contributed by atoms with van der Waals surface area (Å²) in [6.07, 6.45) is 8.81. The standard InChI is InChI=1S/C20H24N2O3S/c1-13-3-5-15(6-4-13)11-14(2)25-17-9-7-16(8-10-17)12-18-19(23)22(21)20(24)26-18/h3,7-10,12,14-15H,4-6,11,21H2,1-2H3/b18-12-. The number of ether oxygens (including phenoxy) is 1. The van der Waals surface area contributed by atoms with Crippen LogP contribution in [0.3, 0.4) is 0 Å². The Morgan fingerprint density at radius 2 is 2.08 bits per heavy atom. The fourth-order valence-corrected chi connectivity index (χ4v) is 4.01. The molecule has 5 nitrogen and oxygen atoms in total. The summed E-state index contributed by atoms with van der Waals surface area (Å²) in [5.41, 5.74) is 2.33. The van der Waals surface area contributed by atoms with Crippen LogP contribution in [-0.2, 0) is 4.79 Å². The Morgan fingerprint density at radius 1 is 1.35 bits per heavy atom. The number of rotatable bonds is 5. The van der Waals surface area contributed by atoms with Crippen molar-refractivity contribution in [3.8, 4) is 5.75 Å². The first kappa shape index (κ1) is 18.7. The zero-order valence-electron chi connectivity index (χ0n) is 15.1. The first-order valence-corrected chi connectivity index (χ1v) is 9.69. The Bertz CT molecular complexity index is 755. The molecule has 1 saturated heterocycles. The third-order valence-electron chi connectivity index (χ3n) is 4.75. The van der Waals surface area contributed by atoms with Crippen LogP contribution in [0.1, 0.15) is 45.1 Å². The number of nitrogens with two attached hydrogens (primary N) is 1. The SMILES string of the molecule is CC1=CCC(CC(C)Oc2ccc(/C=C3\SC(=O)N(N)C3=O)cc2)CC1. The van der Waals surface area contributed by atoms with Gasteiger partial charge in [0, 0.05) is 0 Å². The number of imide groups is 1. The van der Waals surface area contributed by atoms with Crippen LogP contribution in [0.2, 0.25) is 0 Å². The average molecular weight is 372 g/mol. The topological polar surface area (TPSA) is 72.6 Å². The van der Waals surface area contributed by atoms with Gasteiger partial charge in [-0.3, -0.25) is 9.59 Å². The summed E-state index contributed by atoms with van der Waals surface area (Å²) in [5.74, 6) is 6.41. The maximum Gasteiger partial charge on any atom is 0.307 e. The maximum atomic E-state index is 11.8. The molecular formula is C20H24N2O3S. The maximum absolute atomic E-state index is 11.8. The molecule has 1 aromatic carbocycles. The molecular weight excluding hydrogens is 348 g/mol. The highest BCUT2D eigenvalue weighted by Gasteiger charge is 2.32. The normalized spacial score (nSPS) is 23.3. The van der Waals surface area contributed by atoms with Gasteiger partial charge in [0.15, 0.2) is 0 Å². The van der Waals surface area contributed by atoms with Gasteiger partial charge >= 0.3 is 5.24 Å². The minimum atomic E-state index is -0.467. The number of carbonyl (C=O) groups is 2. The third kappa shape index (κ3) is 4.56. The van der Waals surface area contributed by atoms with E-state index in [4.69, 9.17) is 10.6 Å². The first-order chi connectivity index (χ1) is 12.4. The van der Waals surface area contributed by atoms with Gasteiger partial charge in [0.2, 0.25) is 0 Å². The van der Waals surface area contributed by atoms with E-state index < -0.39 is 11.1 Å². The number of benzene rings is 1. The van der Waals surface area contributed by atoms with Crippen molar-refractivity contribution in [1.29, 1.82) is 0 Å². The van der Waals surface area contributed by atoms with Crippen molar-refractivity contribution in [2.45, 2.75) is 45.6 Å². The molecule has 2 unspecified atom stereocenters. The van der Waals surface area contributed by atoms with Crippen LogP contribution in [-0.4, -0.2) is 22.3 Å². The Hall–Kier alpha value is -2.05. The van der Waals surface area contributed by atoms with Gasteiger partial charge in [0.1, 0.15) is 5.75 Å². The molecule has 2 atom stereocenters. The zero-order valence-corrected chi connectivity index (χ0v) is 15.9. The van der Waals surface area contributed by atoms with Crippen LogP contribution in [0.5, 0.6) is 5.75 Å². The summed E-state index contributed by atoms with van der Waals surface area (Å²) in [5, 5.41) is 0.181. The monoisotopic (exact) mass is 372 g/mol. The van der Waals surface area contributed by atoms with Crippen molar-refractivity contribution in [3.63, 3.8) is 0 Å². The number of allylic oxidation sites excluding steroid dienone is 2. The van der Waals surface area contributed by atoms with Crippen LogP contribution in [0.25, 0.3) is 6.08 Å². The molecule has 1 aromatic rings. The smallest absolute Gasteiger partial charge is 0.307 e. The van der Waals surface area contributed by atoms with Gasteiger partial charge in [-0.25, -0.2) is 10.9 Å². The largest absolute Gasteiger partial charge is 0.491 e. The minimum absolute atomic E-state index is 0.159. The molecule has 0 bridgehead atoms. The second-order valence-corrected chi connectivity index (χ2v) is 7.97. The van der Waals surface area contributed by atoms with Gasteiger partial charge in [-0.15, -0.1) is 0 Å². The van der Waals surface area contributed by atoms with Crippen molar-refractivity contribution in [2.24, 2.45) is 11.8 Å². The second-order valence-electron chi connectivity index (χ2n) is 6.98. The lowest BCUT2D eigenvalue weighted by Gasteiger charge is -2.24. The van der Waals surface area contributed by atoms with Crippen molar-refractivity contribution < 1.29 is 14.3 Å². The van der Waals surface area contributed by atoms with E-state index in [1.807, 2.05) is 24.3 Å². The molecule has 0 saturated carbocycles. The van der Waals surface area contributed by atoms with Gasteiger partial charge in [-0.05, 0) is 81.0 Å². The number of carbonyl (C=O) groups excluding carboxylic acids is 2. The quantitative estimate of drug-likeness (QED) is 0.356. The van der Waals surface area contributed by atoms with E-state index >= 15 is 0 Å². The van der Waals surface area contributed by atoms with Crippen LogP contribution < -0.4 is 10.6 Å². The summed E-state index contributed by atoms with van der Waals surface area (Å²) >= 11 is 0.849. The summed E-state index contributed by atoms with van der Waals surface area (Å²) in [7, 11) is 0. The first-order valence-electron chi connectivity index (χ1n) is 8.87. The molecule has 0 aromatic heterocycles. The van der Waals surface area contributed by atoms with E-state index in [9.17, 15) is 9.59 Å². The Kier molecular flexibility index (Phi) is 5.84. The van der Waals surface area contributed by atoms with Crippen LogP contribution in [0, 0.1) is 5.92 Å². The average Bonchev–Trinajstić information content (AvgIpc) is 2.85. The van der Waals surface area contributed by atoms with Crippen molar-refractivity contribution >= 4 is 29.0 Å². The van der Waals surface area contributed by atoms with E-state index in [1.54, 1.807) is 6.08 Å². The van der Waals surface area contributed by atoms with E-state index in [2.05, 4.69) is 19.9 Å². The second kappa shape index (κ2) is 8.10. The lowest BCUT2D eigenvalue weighted by atomic mass is 9.86. The predicted molar refractivity (Wildman–Crippen MR) is 104 cm³/mol. The molecule has 1 fully saturated rings. The van der Waals surface area contributed by atoms with E-state index in [1.165, 1.54) is 18.4 Å². The number of hydrazine groups is 1. The molecule has 3 rings (SSSR count). The van der Waals surface area contributed by atoms with Gasteiger partial charge in [0.25, 0.3) is 5.91 Å². The number of amides is 2. The van der Waals surface area contributed by atoms with Crippen LogP contribution in [0.15, 0.2) is 40.8 Å². The van der Waals surface area contributed by atoms with E-state index in [0.29, 0.717) is 15.8 Å². The van der Waals surface area contributed by atoms with Gasteiger partial charge in [0.05, 0.1) is 11.0 Å². The Morgan fingerprint density at radius 3 is 2.65 bits per heavy atom. The Balaban J connectivity index is 1.56.